The van der Waals surface area contributed by atoms with Gasteiger partial charge >= 0.3 is 0 Å². The van der Waals surface area contributed by atoms with Crippen molar-refractivity contribution in [2.75, 3.05) is 0 Å². The lowest BCUT2D eigenvalue weighted by molar-refractivity contribution is 0.733. The van der Waals surface area contributed by atoms with Gasteiger partial charge in [-0.2, -0.15) is 0 Å². The van der Waals surface area contributed by atoms with Gasteiger partial charge in [-0.25, -0.2) is 30.0 Å². The van der Waals surface area contributed by atoms with E-state index in [1.807, 2.05) is 24.3 Å². The molecule has 2 N–H and O–H groups in total. The Morgan fingerprint density at radius 1 is 0.450 bits per heavy atom. The summed E-state index contributed by atoms with van der Waals surface area (Å²) in [4.78, 5) is 30.7. The number of rotatable bonds is 0. The van der Waals surface area contributed by atoms with E-state index in [0.29, 0.717) is 11.7 Å². The Balaban J connectivity index is 1.27. The minimum absolute atomic E-state index is 0.0533. The predicted molar refractivity (Wildman–Crippen MR) is 158 cm³/mol. The van der Waals surface area contributed by atoms with Gasteiger partial charge in [0.25, 0.3) is 0 Å². The first-order valence-electron chi connectivity index (χ1n) is 13.7. The van der Waals surface area contributed by atoms with E-state index in [2.05, 4.69) is 83.5 Å². The van der Waals surface area contributed by atoms with Crippen LogP contribution >= 0.6 is 0 Å². The quantitative estimate of drug-likeness (QED) is 0.537. The minimum Gasteiger partial charge on any atom is -0.331 e. The summed E-state index contributed by atoms with van der Waals surface area (Å²) in [5, 5.41) is 7.12. The lowest BCUT2D eigenvalue weighted by Crippen LogP contribution is -2.25. The average Bonchev–Trinajstić information content (AvgIpc) is 3.73. The molecule has 2 aromatic carbocycles. The molecular formula is C32H24N8. The van der Waals surface area contributed by atoms with Gasteiger partial charge in [0.05, 0.1) is 0 Å². The molecule has 8 nitrogen and oxygen atoms in total. The van der Waals surface area contributed by atoms with Crippen LogP contribution in [0.2, 0.25) is 0 Å². The summed E-state index contributed by atoms with van der Waals surface area (Å²) in [6.07, 6.45) is 16.3. The van der Waals surface area contributed by atoms with E-state index in [9.17, 15) is 0 Å². The third-order valence-electron chi connectivity index (χ3n) is 8.47. The molecule has 0 amide bonds. The lowest BCUT2D eigenvalue weighted by Gasteiger charge is -2.14. The Morgan fingerprint density at radius 3 is 1.30 bits per heavy atom. The Kier molecular flexibility index (Phi) is 4.52. The minimum atomic E-state index is -0.383. The number of amidine groups is 6. The first-order valence-corrected chi connectivity index (χ1v) is 13.7. The zero-order chi connectivity index (χ0) is 26.2. The van der Waals surface area contributed by atoms with E-state index >= 15 is 0 Å². The van der Waals surface area contributed by atoms with Crippen LogP contribution in [-0.2, 0) is 0 Å². The second kappa shape index (κ2) is 8.26. The Bertz CT molecular complexity index is 1660. The van der Waals surface area contributed by atoms with Gasteiger partial charge in [0.15, 0.2) is 24.0 Å². The zero-order valence-corrected chi connectivity index (χ0v) is 21.4. The molecule has 6 unspecified atom stereocenters. The highest BCUT2D eigenvalue weighted by molar-refractivity contribution is 6.20. The van der Waals surface area contributed by atoms with E-state index in [4.69, 9.17) is 30.0 Å². The molecule has 40 heavy (non-hydrogen) atoms. The van der Waals surface area contributed by atoms with Crippen LogP contribution in [-0.4, -0.2) is 35.0 Å². The molecule has 2 saturated heterocycles. The highest BCUT2D eigenvalue weighted by atomic mass is 15.2. The molecule has 2 aromatic rings. The average molecular weight is 521 g/mol. The van der Waals surface area contributed by atoms with Crippen LogP contribution in [0.4, 0.5) is 0 Å². The SMILES string of the molecule is C1=CC2C3=NC4=NC(N=C5NC(=NC6=NC(N=C(N3)C2C=C1)c1ccccc16)C1C=CC=CC51)c1ccccc14. The first-order chi connectivity index (χ1) is 19.8. The van der Waals surface area contributed by atoms with Crippen LogP contribution < -0.4 is 10.6 Å². The van der Waals surface area contributed by atoms with Gasteiger partial charge in [0.2, 0.25) is 0 Å². The second-order valence-electron chi connectivity index (χ2n) is 10.7. The van der Waals surface area contributed by atoms with Gasteiger partial charge in [-0.3, -0.25) is 0 Å². The summed E-state index contributed by atoms with van der Waals surface area (Å²) in [6, 6.07) is 16.5. The number of nitrogens with zero attached hydrogens (tertiary/aromatic N) is 6. The summed E-state index contributed by atoms with van der Waals surface area (Å²) < 4.78 is 0. The van der Waals surface area contributed by atoms with Crippen molar-refractivity contribution >= 4 is 35.0 Å². The zero-order valence-electron chi connectivity index (χ0n) is 21.4. The summed E-state index contributed by atoms with van der Waals surface area (Å²) in [7, 11) is 0. The molecule has 5 aliphatic heterocycles. The summed E-state index contributed by atoms with van der Waals surface area (Å²) in [5.41, 5.74) is 4.12. The number of aliphatic imine (C=N–C) groups is 6. The van der Waals surface area contributed by atoms with Crippen LogP contribution in [0.3, 0.4) is 0 Å². The highest BCUT2D eigenvalue weighted by Crippen LogP contribution is 2.38. The smallest absolute Gasteiger partial charge is 0.170 e. The normalized spacial score (nSPS) is 31.4. The Morgan fingerprint density at radius 2 is 0.850 bits per heavy atom. The maximum Gasteiger partial charge on any atom is 0.170 e. The predicted octanol–water partition coefficient (Wildman–Crippen LogP) is 4.44. The van der Waals surface area contributed by atoms with E-state index in [0.717, 1.165) is 45.6 Å². The summed E-state index contributed by atoms with van der Waals surface area (Å²) >= 11 is 0. The van der Waals surface area contributed by atoms with E-state index < -0.39 is 0 Å². The standard InChI is InChI=1S/C32H24N8/c1-2-10-18-17(9-1)25-33-26(18)38-28-21-13-5-6-14-22(21)30(35-28)40-32-24-16-8-7-15-23(24)31(36-32)39-29-20-12-4-3-11-19(20)27(34-29)37-25/h1-18,23-24,27,30H,(H,33,35,37,38)(H,34,36,39,40). The Hall–Kier alpha value is -4.98. The maximum absolute atomic E-state index is 5.17. The molecule has 7 aliphatic rings. The van der Waals surface area contributed by atoms with Gasteiger partial charge in [-0.05, 0) is 0 Å². The number of hydrogen-bond donors (Lipinski definition) is 2. The number of hydrogen-bond acceptors (Lipinski definition) is 8. The van der Waals surface area contributed by atoms with Crippen LogP contribution in [0.15, 0.2) is 127 Å². The second-order valence-corrected chi connectivity index (χ2v) is 10.7. The van der Waals surface area contributed by atoms with Crippen LogP contribution in [0.1, 0.15) is 34.6 Å². The van der Waals surface area contributed by atoms with Gasteiger partial charge < -0.3 is 10.6 Å². The van der Waals surface area contributed by atoms with Crippen molar-refractivity contribution in [2.45, 2.75) is 12.3 Å². The van der Waals surface area contributed by atoms with Crippen LogP contribution in [0, 0.1) is 23.7 Å². The summed E-state index contributed by atoms with van der Waals surface area (Å²) in [5.74, 6) is 5.01. The van der Waals surface area contributed by atoms with Crippen LogP contribution in [0.5, 0.6) is 0 Å². The van der Waals surface area contributed by atoms with E-state index in [1.165, 1.54) is 0 Å². The van der Waals surface area contributed by atoms with Crippen molar-refractivity contribution in [1.82, 2.24) is 10.6 Å². The maximum atomic E-state index is 5.17. The lowest BCUT2D eigenvalue weighted by atomic mass is 9.90. The Labute approximate surface area is 230 Å². The third-order valence-corrected chi connectivity index (χ3v) is 8.47. The van der Waals surface area contributed by atoms with Gasteiger partial charge in [0, 0.05) is 45.9 Å². The van der Waals surface area contributed by atoms with Gasteiger partial charge in [-0.15, -0.1) is 0 Å². The van der Waals surface area contributed by atoms with Crippen molar-refractivity contribution in [3.05, 3.63) is 119 Å². The molecule has 8 heteroatoms. The van der Waals surface area contributed by atoms with E-state index in [-0.39, 0.29) is 36.0 Å². The number of fused-ring (bicyclic) bond motifs is 18. The fourth-order valence-corrected chi connectivity index (χ4v) is 6.52. The topological polar surface area (TPSA) is 98.2 Å². The molecule has 0 saturated carbocycles. The van der Waals surface area contributed by atoms with Crippen molar-refractivity contribution in [3.8, 4) is 0 Å². The van der Waals surface area contributed by atoms with Crippen molar-refractivity contribution in [3.63, 3.8) is 0 Å². The molecule has 0 radical (unpaired) electrons. The fourth-order valence-electron chi connectivity index (χ4n) is 6.52. The molecular weight excluding hydrogens is 496 g/mol. The van der Waals surface area contributed by atoms with Crippen molar-refractivity contribution in [2.24, 2.45) is 53.6 Å². The van der Waals surface area contributed by atoms with Gasteiger partial charge in [-0.1, -0.05) is 97.1 Å². The molecule has 192 valence electrons. The number of benzene rings is 2. The monoisotopic (exact) mass is 520 g/mol. The molecule has 0 aromatic heterocycles. The molecule has 9 rings (SSSR count). The highest BCUT2D eigenvalue weighted by Gasteiger charge is 2.41. The largest absolute Gasteiger partial charge is 0.331 e. The number of nitrogens with one attached hydrogen (secondary N) is 2. The molecule has 2 fully saturated rings. The van der Waals surface area contributed by atoms with Crippen LogP contribution in [0.25, 0.3) is 0 Å². The molecule has 5 heterocycles. The van der Waals surface area contributed by atoms with E-state index in [1.54, 1.807) is 0 Å². The van der Waals surface area contributed by atoms with Crippen molar-refractivity contribution < 1.29 is 0 Å². The molecule has 8 bridgehead atoms. The first kappa shape index (κ1) is 21.9. The van der Waals surface area contributed by atoms with Gasteiger partial charge in [0.1, 0.15) is 23.3 Å². The van der Waals surface area contributed by atoms with Crippen molar-refractivity contribution in [1.29, 1.82) is 0 Å². The molecule has 0 spiro atoms. The fraction of sp³-hybridized carbons (Fsp3) is 0.188. The third kappa shape index (κ3) is 3.19. The number of allylic oxidation sites excluding steroid dienone is 4. The summed E-state index contributed by atoms with van der Waals surface area (Å²) in [6.45, 7) is 0. The molecule has 2 aliphatic carbocycles. The molecule has 6 atom stereocenters.